The molecule has 1 fully saturated rings. The van der Waals surface area contributed by atoms with E-state index in [1.807, 2.05) is 6.07 Å². The van der Waals surface area contributed by atoms with Crippen LogP contribution in [0.1, 0.15) is 36.5 Å². The number of aromatic nitrogens is 1. The van der Waals surface area contributed by atoms with Crippen LogP contribution in [0.25, 0.3) is 0 Å². The van der Waals surface area contributed by atoms with Crippen molar-refractivity contribution in [2.75, 3.05) is 11.9 Å². The SMILES string of the molecule is C#CCNC(=O)c1ccc(NC2CC2CCC)nc1. The average Bonchev–Trinajstić information content (AvgIpc) is 3.15. The van der Waals surface area contributed by atoms with Crippen molar-refractivity contribution in [2.24, 2.45) is 5.92 Å². The molecule has 0 saturated heterocycles. The molecule has 1 saturated carbocycles. The molecule has 0 bridgehead atoms. The zero-order valence-electron chi connectivity index (χ0n) is 11.1. The van der Waals surface area contributed by atoms with Gasteiger partial charge in [0, 0.05) is 12.2 Å². The molecule has 0 aromatic carbocycles. The van der Waals surface area contributed by atoms with Gasteiger partial charge in [-0.3, -0.25) is 4.79 Å². The number of hydrogen-bond donors (Lipinski definition) is 2. The largest absolute Gasteiger partial charge is 0.367 e. The first-order valence-electron chi connectivity index (χ1n) is 6.68. The molecule has 4 nitrogen and oxygen atoms in total. The van der Waals surface area contributed by atoms with Crippen molar-refractivity contribution in [3.63, 3.8) is 0 Å². The maximum absolute atomic E-state index is 11.6. The van der Waals surface area contributed by atoms with Crippen molar-refractivity contribution in [3.05, 3.63) is 23.9 Å². The number of hydrogen-bond acceptors (Lipinski definition) is 3. The zero-order valence-corrected chi connectivity index (χ0v) is 11.1. The van der Waals surface area contributed by atoms with Crippen molar-refractivity contribution in [3.8, 4) is 12.3 Å². The number of nitrogens with zero attached hydrogens (tertiary/aromatic N) is 1. The minimum atomic E-state index is -0.188. The van der Waals surface area contributed by atoms with Gasteiger partial charge in [-0.15, -0.1) is 6.42 Å². The summed E-state index contributed by atoms with van der Waals surface area (Å²) in [4.78, 5) is 15.9. The summed E-state index contributed by atoms with van der Waals surface area (Å²) >= 11 is 0. The van der Waals surface area contributed by atoms with Gasteiger partial charge in [0.15, 0.2) is 0 Å². The molecule has 1 aliphatic carbocycles. The predicted molar refractivity (Wildman–Crippen MR) is 75.8 cm³/mol. The molecule has 100 valence electrons. The van der Waals surface area contributed by atoms with E-state index >= 15 is 0 Å². The van der Waals surface area contributed by atoms with Crippen molar-refractivity contribution in [2.45, 2.75) is 32.2 Å². The van der Waals surface area contributed by atoms with Crippen LogP contribution in [0.4, 0.5) is 5.82 Å². The Labute approximate surface area is 114 Å². The summed E-state index contributed by atoms with van der Waals surface area (Å²) in [6, 6.07) is 4.15. The van der Waals surface area contributed by atoms with Gasteiger partial charge in [-0.2, -0.15) is 0 Å². The Hall–Kier alpha value is -2.02. The number of carbonyl (C=O) groups is 1. The highest BCUT2D eigenvalue weighted by Crippen LogP contribution is 2.36. The summed E-state index contributed by atoms with van der Waals surface area (Å²) in [5, 5.41) is 5.99. The predicted octanol–water partition coefficient (Wildman–Crippen LogP) is 2.05. The molecular weight excluding hydrogens is 238 g/mol. The third kappa shape index (κ3) is 3.72. The third-order valence-electron chi connectivity index (χ3n) is 3.29. The second-order valence-electron chi connectivity index (χ2n) is 4.85. The minimum absolute atomic E-state index is 0.188. The zero-order chi connectivity index (χ0) is 13.7. The highest BCUT2D eigenvalue weighted by molar-refractivity contribution is 5.94. The van der Waals surface area contributed by atoms with Gasteiger partial charge in [0.05, 0.1) is 12.1 Å². The highest BCUT2D eigenvalue weighted by atomic mass is 16.1. The van der Waals surface area contributed by atoms with E-state index in [0.29, 0.717) is 11.6 Å². The molecule has 0 radical (unpaired) electrons. The van der Waals surface area contributed by atoms with Gasteiger partial charge in [0.25, 0.3) is 5.91 Å². The molecule has 4 heteroatoms. The van der Waals surface area contributed by atoms with Crippen molar-refractivity contribution < 1.29 is 4.79 Å². The van der Waals surface area contributed by atoms with E-state index in [0.717, 1.165) is 11.7 Å². The van der Waals surface area contributed by atoms with E-state index in [2.05, 4.69) is 28.5 Å². The van der Waals surface area contributed by atoms with Gasteiger partial charge >= 0.3 is 0 Å². The topological polar surface area (TPSA) is 54.0 Å². The minimum Gasteiger partial charge on any atom is -0.367 e. The van der Waals surface area contributed by atoms with Crippen molar-refractivity contribution in [1.29, 1.82) is 0 Å². The summed E-state index contributed by atoms with van der Waals surface area (Å²) in [5.41, 5.74) is 0.529. The fraction of sp³-hybridized carbons (Fsp3) is 0.467. The van der Waals surface area contributed by atoms with Crippen LogP contribution in [0, 0.1) is 18.3 Å². The first-order valence-corrected chi connectivity index (χ1v) is 6.68. The summed E-state index contributed by atoms with van der Waals surface area (Å²) < 4.78 is 0. The van der Waals surface area contributed by atoms with Crippen LogP contribution < -0.4 is 10.6 Å². The first kappa shape index (κ1) is 13.4. The van der Waals surface area contributed by atoms with Crippen LogP contribution >= 0.6 is 0 Å². The fourth-order valence-corrected chi connectivity index (χ4v) is 2.15. The van der Waals surface area contributed by atoms with Crippen LogP contribution in [-0.2, 0) is 0 Å². The summed E-state index contributed by atoms with van der Waals surface area (Å²) in [7, 11) is 0. The quantitative estimate of drug-likeness (QED) is 0.767. The Balaban J connectivity index is 1.85. The van der Waals surface area contributed by atoms with E-state index in [1.165, 1.54) is 19.3 Å². The van der Waals surface area contributed by atoms with Crippen molar-refractivity contribution >= 4 is 11.7 Å². The molecule has 0 spiro atoms. The Bertz CT molecular complexity index is 475. The highest BCUT2D eigenvalue weighted by Gasteiger charge is 2.35. The van der Waals surface area contributed by atoms with Gasteiger partial charge in [-0.25, -0.2) is 4.98 Å². The molecular formula is C15H19N3O. The van der Waals surface area contributed by atoms with Gasteiger partial charge in [0.2, 0.25) is 0 Å². The fourth-order valence-electron chi connectivity index (χ4n) is 2.15. The van der Waals surface area contributed by atoms with Crippen LogP contribution in [0.5, 0.6) is 0 Å². The van der Waals surface area contributed by atoms with Gasteiger partial charge in [-0.1, -0.05) is 19.3 Å². The Kier molecular flexibility index (Phi) is 4.40. The molecule has 0 aliphatic heterocycles. The van der Waals surface area contributed by atoms with Crippen LogP contribution in [0.2, 0.25) is 0 Å². The number of nitrogens with one attached hydrogen (secondary N) is 2. The van der Waals surface area contributed by atoms with E-state index in [9.17, 15) is 4.79 Å². The Morgan fingerprint density at radius 3 is 3.05 bits per heavy atom. The van der Waals surface area contributed by atoms with Crippen molar-refractivity contribution in [1.82, 2.24) is 10.3 Å². The van der Waals surface area contributed by atoms with Crippen LogP contribution in [0.15, 0.2) is 18.3 Å². The maximum Gasteiger partial charge on any atom is 0.253 e. The summed E-state index contributed by atoms with van der Waals surface area (Å²) in [6.07, 6.45) is 10.4. The number of rotatable bonds is 6. The molecule has 2 N–H and O–H groups in total. The van der Waals surface area contributed by atoms with Gasteiger partial charge < -0.3 is 10.6 Å². The number of pyridine rings is 1. The van der Waals surface area contributed by atoms with E-state index < -0.39 is 0 Å². The maximum atomic E-state index is 11.6. The van der Waals surface area contributed by atoms with E-state index in [-0.39, 0.29) is 12.5 Å². The number of amides is 1. The summed E-state index contributed by atoms with van der Waals surface area (Å²) in [5.74, 6) is 3.79. The molecule has 19 heavy (non-hydrogen) atoms. The average molecular weight is 257 g/mol. The van der Waals surface area contributed by atoms with Crippen LogP contribution in [-0.4, -0.2) is 23.5 Å². The Morgan fingerprint density at radius 2 is 2.42 bits per heavy atom. The smallest absolute Gasteiger partial charge is 0.253 e. The first-order chi connectivity index (χ1) is 9.24. The molecule has 1 aromatic rings. The molecule has 1 aliphatic rings. The molecule has 1 aromatic heterocycles. The number of carbonyl (C=O) groups excluding carboxylic acids is 1. The second kappa shape index (κ2) is 6.24. The standard InChI is InChI=1S/C15H19N3O/c1-3-5-11-9-13(11)18-14-7-6-12(10-17-14)15(19)16-8-4-2/h2,6-7,10-11,13H,3,5,8-9H2,1H3,(H,16,19)(H,17,18). The Morgan fingerprint density at radius 1 is 1.58 bits per heavy atom. The third-order valence-corrected chi connectivity index (χ3v) is 3.29. The molecule has 2 unspecified atom stereocenters. The molecule has 2 rings (SSSR count). The molecule has 1 heterocycles. The van der Waals surface area contributed by atoms with Crippen LogP contribution in [0.3, 0.4) is 0 Å². The lowest BCUT2D eigenvalue weighted by Gasteiger charge is -2.06. The summed E-state index contributed by atoms with van der Waals surface area (Å²) in [6.45, 7) is 2.44. The van der Waals surface area contributed by atoms with E-state index in [4.69, 9.17) is 6.42 Å². The second-order valence-corrected chi connectivity index (χ2v) is 4.85. The number of terminal acetylenes is 1. The van der Waals surface area contributed by atoms with E-state index in [1.54, 1.807) is 12.3 Å². The lowest BCUT2D eigenvalue weighted by Crippen LogP contribution is -2.23. The molecule has 1 amide bonds. The lowest BCUT2D eigenvalue weighted by molar-refractivity contribution is 0.0958. The number of anilines is 1. The molecule has 2 atom stereocenters. The van der Waals surface area contributed by atoms with Gasteiger partial charge in [-0.05, 0) is 30.9 Å². The van der Waals surface area contributed by atoms with Gasteiger partial charge in [0.1, 0.15) is 5.82 Å². The normalized spacial score (nSPS) is 20.4. The monoisotopic (exact) mass is 257 g/mol. The lowest BCUT2D eigenvalue weighted by atomic mass is 10.2.